The lowest BCUT2D eigenvalue weighted by Crippen LogP contribution is -2.49. The zero-order valence-corrected chi connectivity index (χ0v) is 14.7. The second-order valence-electron chi connectivity index (χ2n) is 6.89. The van der Waals surface area contributed by atoms with Crippen LogP contribution in [0.15, 0.2) is 18.5 Å². The summed E-state index contributed by atoms with van der Waals surface area (Å²) in [6.45, 7) is 3.12. The highest BCUT2D eigenvalue weighted by atomic mass is 16.2. The zero-order chi connectivity index (χ0) is 17.7. The molecule has 4 rings (SSSR count). The summed E-state index contributed by atoms with van der Waals surface area (Å²) >= 11 is 0. The van der Waals surface area contributed by atoms with Crippen LogP contribution in [0.2, 0.25) is 0 Å². The number of piperidine rings is 1. The summed E-state index contributed by atoms with van der Waals surface area (Å²) in [5, 5.41) is 8.69. The Kier molecular flexibility index (Phi) is 3.63. The number of likely N-dealkylation sites (N-methyl/N-ethyl adjacent to an activating group) is 1. The molecule has 0 N–H and O–H groups in total. The quantitative estimate of drug-likeness (QED) is 0.801. The molecule has 0 aliphatic carbocycles. The standard InChI is InChI=1S/C17H22N6O2/c1-11-14(15(21(3)19-11)23-9-5-7-18-23)17(25)22-8-4-6-12-13(22)10-20(2)16(12)24/h5,7,9,12-13H,4,6,8,10H2,1-3H3/t12-,13-/m1/s1. The molecule has 0 saturated carbocycles. The number of carbonyl (C=O) groups excluding carboxylic acids is 2. The number of fused-ring (bicyclic) bond motifs is 1. The van der Waals surface area contributed by atoms with Gasteiger partial charge in [0.2, 0.25) is 5.91 Å². The van der Waals surface area contributed by atoms with Gasteiger partial charge < -0.3 is 9.80 Å². The van der Waals surface area contributed by atoms with Crippen molar-refractivity contribution in [3.63, 3.8) is 0 Å². The molecule has 2 saturated heterocycles. The van der Waals surface area contributed by atoms with Crippen LogP contribution in [0, 0.1) is 12.8 Å². The van der Waals surface area contributed by atoms with Crippen LogP contribution in [0.1, 0.15) is 28.9 Å². The van der Waals surface area contributed by atoms with Crippen LogP contribution >= 0.6 is 0 Å². The van der Waals surface area contributed by atoms with Crippen LogP contribution in [0.25, 0.3) is 5.82 Å². The van der Waals surface area contributed by atoms with E-state index in [-0.39, 0.29) is 23.8 Å². The molecule has 0 radical (unpaired) electrons. The van der Waals surface area contributed by atoms with E-state index in [1.54, 1.807) is 26.7 Å². The van der Waals surface area contributed by atoms with Crippen LogP contribution in [-0.2, 0) is 11.8 Å². The monoisotopic (exact) mass is 342 g/mol. The number of likely N-dealkylation sites (tertiary alicyclic amines) is 2. The molecule has 4 heterocycles. The van der Waals surface area contributed by atoms with Crippen molar-refractivity contribution >= 4 is 11.8 Å². The third-order valence-electron chi connectivity index (χ3n) is 5.32. The van der Waals surface area contributed by atoms with Gasteiger partial charge in [-0.1, -0.05) is 0 Å². The molecule has 2 fully saturated rings. The Hall–Kier alpha value is -2.64. The fourth-order valence-electron chi connectivity index (χ4n) is 4.17. The number of hydrogen-bond donors (Lipinski definition) is 0. The molecule has 132 valence electrons. The van der Waals surface area contributed by atoms with E-state index in [1.165, 1.54) is 0 Å². The number of aromatic nitrogens is 4. The van der Waals surface area contributed by atoms with Crippen LogP contribution in [0.5, 0.6) is 0 Å². The zero-order valence-electron chi connectivity index (χ0n) is 14.7. The fourth-order valence-corrected chi connectivity index (χ4v) is 4.17. The average molecular weight is 342 g/mol. The smallest absolute Gasteiger partial charge is 0.259 e. The minimum Gasteiger partial charge on any atom is -0.343 e. The minimum absolute atomic E-state index is 0.0520. The summed E-state index contributed by atoms with van der Waals surface area (Å²) in [7, 11) is 3.63. The average Bonchev–Trinajstić information content (AvgIpc) is 3.27. The Labute approximate surface area is 146 Å². The van der Waals surface area contributed by atoms with Crippen LogP contribution < -0.4 is 0 Å². The van der Waals surface area contributed by atoms with Gasteiger partial charge in [0.05, 0.1) is 17.7 Å². The number of aryl methyl sites for hydroxylation is 2. The molecule has 2 atom stereocenters. The van der Waals surface area contributed by atoms with Crippen LogP contribution in [0.4, 0.5) is 0 Å². The van der Waals surface area contributed by atoms with Gasteiger partial charge in [0.1, 0.15) is 5.56 Å². The molecule has 8 heteroatoms. The first-order chi connectivity index (χ1) is 12.0. The van der Waals surface area contributed by atoms with Crippen molar-refractivity contribution in [1.29, 1.82) is 0 Å². The Bertz CT molecular complexity index is 825. The number of carbonyl (C=O) groups is 2. The van der Waals surface area contributed by atoms with E-state index < -0.39 is 0 Å². The molecule has 0 aromatic carbocycles. The largest absolute Gasteiger partial charge is 0.343 e. The summed E-state index contributed by atoms with van der Waals surface area (Å²) in [6, 6.07) is 1.77. The summed E-state index contributed by atoms with van der Waals surface area (Å²) in [5.74, 6) is 0.673. The van der Waals surface area contributed by atoms with Crippen molar-refractivity contribution < 1.29 is 9.59 Å². The molecule has 0 bridgehead atoms. The van der Waals surface area contributed by atoms with Gasteiger partial charge in [0.15, 0.2) is 5.82 Å². The van der Waals surface area contributed by atoms with Crippen molar-refractivity contribution in [3.8, 4) is 5.82 Å². The summed E-state index contributed by atoms with van der Waals surface area (Å²) in [4.78, 5) is 29.3. The number of hydrogen-bond acceptors (Lipinski definition) is 4. The highest BCUT2D eigenvalue weighted by Gasteiger charge is 2.46. The fraction of sp³-hybridized carbons (Fsp3) is 0.529. The molecule has 2 amide bonds. The first-order valence-corrected chi connectivity index (χ1v) is 8.58. The highest BCUT2D eigenvalue weighted by molar-refractivity contribution is 5.99. The Morgan fingerprint density at radius 1 is 1.32 bits per heavy atom. The number of rotatable bonds is 2. The predicted molar refractivity (Wildman–Crippen MR) is 90.3 cm³/mol. The molecular formula is C17H22N6O2. The van der Waals surface area contributed by atoms with E-state index in [0.29, 0.717) is 30.2 Å². The Morgan fingerprint density at radius 3 is 2.84 bits per heavy atom. The van der Waals surface area contributed by atoms with Crippen LogP contribution in [-0.4, -0.2) is 67.4 Å². The van der Waals surface area contributed by atoms with Gasteiger partial charge in [-0.3, -0.25) is 9.59 Å². The molecule has 2 aromatic rings. The maximum absolute atomic E-state index is 13.4. The highest BCUT2D eigenvalue weighted by Crippen LogP contribution is 2.33. The van der Waals surface area contributed by atoms with Crippen molar-refractivity contribution in [2.75, 3.05) is 20.1 Å². The summed E-state index contributed by atoms with van der Waals surface area (Å²) in [5.41, 5.74) is 1.24. The molecule has 25 heavy (non-hydrogen) atoms. The Balaban J connectivity index is 1.74. The first kappa shape index (κ1) is 15.9. The second kappa shape index (κ2) is 5.72. The third-order valence-corrected chi connectivity index (χ3v) is 5.32. The van der Waals surface area contributed by atoms with Gasteiger partial charge in [-0.15, -0.1) is 0 Å². The van der Waals surface area contributed by atoms with Crippen molar-refractivity contribution in [2.24, 2.45) is 13.0 Å². The van der Waals surface area contributed by atoms with Crippen LogP contribution in [0.3, 0.4) is 0 Å². The number of nitrogens with zero attached hydrogens (tertiary/aromatic N) is 6. The van der Waals surface area contributed by atoms with Crippen molar-refractivity contribution in [1.82, 2.24) is 29.4 Å². The Morgan fingerprint density at radius 2 is 2.12 bits per heavy atom. The van der Waals surface area contributed by atoms with Gasteiger partial charge >= 0.3 is 0 Å². The van der Waals surface area contributed by atoms with E-state index in [9.17, 15) is 9.59 Å². The molecular weight excluding hydrogens is 320 g/mol. The van der Waals surface area contributed by atoms with Gasteiger partial charge in [0.25, 0.3) is 5.91 Å². The van der Waals surface area contributed by atoms with E-state index in [1.807, 2.05) is 32.0 Å². The molecule has 8 nitrogen and oxygen atoms in total. The minimum atomic E-state index is -0.0761. The maximum Gasteiger partial charge on any atom is 0.259 e. The lowest BCUT2D eigenvalue weighted by atomic mass is 9.91. The van der Waals surface area contributed by atoms with E-state index >= 15 is 0 Å². The van der Waals surface area contributed by atoms with Crippen molar-refractivity contribution in [3.05, 3.63) is 29.7 Å². The SMILES string of the molecule is Cc1nn(C)c(-n2cccn2)c1C(=O)N1CCC[C@H]2C(=O)N(C)C[C@H]21. The molecule has 2 aromatic heterocycles. The molecule has 0 unspecified atom stereocenters. The van der Waals surface area contributed by atoms with Crippen molar-refractivity contribution in [2.45, 2.75) is 25.8 Å². The topological polar surface area (TPSA) is 76.3 Å². The maximum atomic E-state index is 13.4. The molecule has 2 aliphatic heterocycles. The molecule has 2 aliphatic rings. The first-order valence-electron chi connectivity index (χ1n) is 8.58. The predicted octanol–water partition coefficient (Wildman–Crippen LogP) is 0.607. The molecule has 0 spiro atoms. The van der Waals surface area contributed by atoms with Gasteiger partial charge in [-0.2, -0.15) is 10.2 Å². The number of amides is 2. The second-order valence-corrected chi connectivity index (χ2v) is 6.89. The van der Waals surface area contributed by atoms with Gasteiger partial charge in [-0.05, 0) is 25.8 Å². The van der Waals surface area contributed by atoms with E-state index in [0.717, 1.165) is 12.8 Å². The lowest BCUT2D eigenvalue weighted by Gasteiger charge is -2.36. The third kappa shape index (κ3) is 2.35. The lowest BCUT2D eigenvalue weighted by molar-refractivity contribution is -0.130. The van der Waals surface area contributed by atoms with Gasteiger partial charge in [0, 0.05) is 39.6 Å². The van der Waals surface area contributed by atoms with E-state index in [2.05, 4.69) is 10.2 Å². The normalized spacial score (nSPS) is 23.2. The van der Waals surface area contributed by atoms with E-state index in [4.69, 9.17) is 0 Å². The summed E-state index contributed by atoms with van der Waals surface area (Å²) in [6.07, 6.45) is 5.19. The summed E-state index contributed by atoms with van der Waals surface area (Å²) < 4.78 is 3.35. The van der Waals surface area contributed by atoms with Gasteiger partial charge in [-0.25, -0.2) is 9.36 Å².